The summed E-state index contributed by atoms with van der Waals surface area (Å²) in [6, 6.07) is -1.53. The molecular formula is C42H74NO11P. The number of unbranched alkanes of at least 4 members (excludes halogenated alkanes) is 14. The van der Waals surface area contributed by atoms with Gasteiger partial charge in [-0.05, 0) is 64.7 Å². The normalized spacial score (nSPS) is 14.9. The largest absolute Gasteiger partial charge is 0.480 e. The van der Waals surface area contributed by atoms with Crippen molar-refractivity contribution < 1.29 is 52.6 Å². The second-order valence-corrected chi connectivity index (χ2v) is 15.5. The van der Waals surface area contributed by atoms with E-state index in [2.05, 4.69) is 47.9 Å². The third-order valence-electron chi connectivity index (χ3n) is 8.60. The number of esters is 2. The fourth-order valence-electron chi connectivity index (χ4n) is 5.31. The molecule has 0 spiro atoms. The molecule has 0 saturated heterocycles. The van der Waals surface area contributed by atoms with Gasteiger partial charge in [-0.3, -0.25) is 23.4 Å². The van der Waals surface area contributed by atoms with Crippen molar-refractivity contribution in [1.29, 1.82) is 0 Å². The van der Waals surface area contributed by atoms with Gasteiger partial charge in [-0.2, -0.15) is 0 Å². The van der Waals surface area contributed by atoms with Crippen LogP contribution in [0.15, 0.2) is 48.6 Å². The van der Waals surface area contributed by atoms with Crippen molar-refractivity contribution in [1.82, 2.24) is 0 Å². The van der Waals surface area contributed by atoms with E-state index < -0.39 is 51.1 Å². The predicted octanol–water partition coefficient (Wildman–Crippen LogP) is 9.58. The van der Waals surface area contributed by atoms with Crippen LogP contribution in [0.5, 0.6) is 0 Å². The summed E-state index contributed by atoms with van der Waals surface area (Å²) >= 11 is 0. The van der Waals surface area contributed by atoms with E-state index in [4.69, 9.17) is 24.8 Å². The zero-order valence-corrected chi connectivity index (χ0v) is 34.8. The number of carbonyl (C=O) groups excluding carboxylic acids is 2. The van der Waals surface area contributed by atoms with Gasteiger partial charge < -0.3 is 30.3 Å². The van der Waals surface area contributed by atoms with Crippen molar-refractivity contribution >= 4 is 25.7 Å². The van der Waals surface area contributed by atoms with Crippen LogP contribution in [0.1, 0.15) is 162 Å². The maximum atomic E-state index is 12.6. The number of aliphatic hydroxyl groups excluding tert-OH is 1. The molecule has 4 atom stereocenters. The van der Waals surface area contributed by atoms with Gasteiger partial charge in [0, 0.05) is 12.8 Å². The third kappa shape index (κ3) is 38.1. The summed E-state index contributed by atoms with van der Waals surface area (Å²) in [6.07, 6.45) is 37.4. The van der Waals surface area contributed by atoms with Gasteiger partial charge in [0.15, 0.2) is 6.10 Å². The fourth-order valence-corrected chi connectivity index (χ4v) is 6.09. The maximum absolute atomic E-state index is 12.6. The smallest absolute Gasteiger partial charge is 0.472 e. The lowest BCUT2D eigenvalue weighted by Gasteiger charge is -2.20. The Balaban J connectivity index is 4.48. The third-order valence-corrected chi connectivity index (χ3v) is 9.55. The molecule has 0 amide bonds. The number of nitrogens with two attached hydrogens (primary N) is 1. The summed E-state index contributed by atoms with van der Waals surface area (Å²) in [6.45, 7) is 2.28. The Morgan fingerprint density at radius 3 is 1.60 bits per heavy atom. The van der Waals surface area contributed by atoms with Crippen LogP contribution in [0.2, 0.25) is 0 Å². The number of rotatable bonds is 38. The summed E-state index contributed by atoms with van der Waals surface area (Å²) in [5, 5.41) is 18.1. The number of hydrogen-bond acceptors (Lipinski definition) is 10. The van der Waals surface area contributed by atoms with Crippen LogP contribution in [0.3, 0.4) is 0 Å². The van der Waals surface area contributed by atoms with Crippen LogP contribution in [-0.2, 0) is 37.5 Å². The maximum Gasteiger partial charge on any atom is 0.472 e. The van der Waals surface area contributed by atoms with Crippen LogP contribution >= 0.6 is 7.82 Å². The number of carbonyl (C=O) groups is 3. The van der Waals surface area contributed by atoms with E-state index >= 15 is 0 Å². The average Bonchev–Trinajstić information content (AvgIpc) is 3.14. The lowest BCUT2D eigenvalue weighted by atomic mass is 10.0. The molecule has 55 heavy (non-hydrogen) atoms. The van der Waals surface area contributed by atoms with Crippen LogP contribution in [0.25, 0.3) is 0 Å². The molecule has 5 N–H and O–H groups in total. The van der Waals surface area contributed by atoms with Crippen molar-refractivity contribution in [2.45, 2.75) is 180 Å². The van der Waals surface area contributed by atoms with Gasteiger partial charge in [0.05, 0.1) is 19.3 Å². The number of phosphoric ester groups is 1. The molecule has 0 aliphatic carbocycles. The quantitative estimate of drug-likeness (QED) is 0.0200. The molecule has 0 aromatic rings. The van der Waals surface area contributed by atoms with Crippen molar-refractivity contribution in [2.24, 2.45) is 5.73 Å². The van der Waals surface area contributed by atoms with Gasteiger partial charge in [0.2, 0.25) is 0 Å². The minimum Gasteiger partial charge on any atom is -0.480 e. The van der Waals surface area contributed by atoms with Crippen LogP contribution in [0.4, 0.5) is 0 Å². The van der Waals surface area contributed by atoms with Crippen molar-refractivity contribution in [2.75, 3.05) is 19.8 Å². The minimum atomic E-state index is -4.73. The Morgan fingerprint density at radius 1 is 0.636 bits per heavy atom. The monoisotopic (exact) mass is 799 g/mol. The SMILES string of the molecule is CCCCCCCCCCCCCCCC(=O)O[C@H](COC(=O)CCC/C=C\C/C=C\C/C=C\C/C=C\CCC[C@@H](C)O)COP(=O)(O)OC[C@H](N)C(=O)O. The molecule has 0 radical (unpaired) electrons. The molecule has 0 aliphatic rings. The average molecular weight is 800 g/mol. The van der Waals surface area contributed by atoms with E-state index in [1.54, 1.807) is 0 Å². The molecule has 13 heteroatoms. The zero-order chi connectivity index (χ0) is 40.8. The van der Waals surface area contributed by atoms with E-state index in [0.717, 1.165) is 57.8 Å². The van der Waals surface area contributed by atoms with Crippen LogP contribution in [0, 0.1) is 0 Å². The van der Waals surface area contributed by atoms with Gasteiger partial charge in [-0.15, -0.1) is 0 Å². The first-order valence-electron chi connectivity index (χ1n) is 20.7. The highest BCUT2D eigenvalue weighted by Gasteiger charge is 2.28. The first-order chi connectivity index (χ1) is 26.5. The summed E-state index contributed by atoms with van der Waals surface area (Å²) < 4.78 is 32.6. The fraction of sp³-hybridized carbons (Fsp3) is 0.738. The summed E-state index contributed by atoms with van der Waals surface area (Å²) in [7, 11) is -4.73. The molecule has 0 heterocycles. The summed E-state index contributed by atoms with van der Waals surface area (Å²) in [5.74, 6) is -2.47. The molecule has 0 aromatic carbocycles. The molecule has 318 valence electrons. The van der Waals surface area contributed by atoms with Gasteiger partial charge in [-0.1, -0.05) is 133 Å². The second-order valence-electron chi connectivity index (χ2n) is 14.1. The molecule has 0 saturated carbocycles. The Kier molecular flexibility index (Phi) is 35.3. The number of carboxylic acid groups (broad SMARTS) is 1. The van der Waals surface area contributed by atoms with Crippen molar-refractivity contribution in [3.05, 3.63) is 48.6 Å². The lowest BCUT2D eigenvalue weighted by molar-refractivity contribution is -0.161. The van der Waals surface area contributed by atoms with Gasteiger partial charge in [-0.25, -0.2) is 4.57 Å². The predicted molar refractivity (Wildman–Crippen MR) is 218 cm³/mol. The first-order valence-corrected chi connectivity index (χ1v) is 22.2. The molecule has 12 nitrogen and oxygen atoms in total. The van der Waals surface area contributed by atoms with E-state index in [-0.39, 0.29) is 25.6 Å². The van der Waals surface area contributed by atoms with Crippen LogP contribution in [-0.4, -0.2) is 71.1 Å². The molecular weight excluding hydrogens is 725 g/mol. The topological polar surface area (TPSA) is 192 Å². The number of allylic oxidation sites excluding steroid dienone is 8. The highest BCUT2D eigenvalue weighted by molar-refractivity contribution is 7.47. The van der Waals surface area contributed by atoms with Gasteiger partial charge in [0.25, 0.3) is 0 Å². The lowest BCUT2D eigenvalue weighted by Crippen LogP contribution is -2.34. The second kappa shape index (κ2) is 37.0. The van der Waals surface area contributed by atoms with E-state index in [9.17, 15) is 28.9 Å². The Hall–Kier alpha value is -2.60. The number of aliphatic hydroxyl groups is 1. The van der Waals surface area contributed by atoms with E-state index in [1.165, 1.54) is 57.8 Å². The first kappa shape index (κ1) is 52.4. The molecule has 0 aliphatic heterocycles. The van der Waals surface area contributed by atoms with Crippen LogP contribution < -0.4 is 5.73 Å². The highest BCUT2D eigenvalue weighted by atomic mass is 31.2. The number of carboxylic acids is 1. The molecule has 0 bridgehead atoms. The van der Waals surface area contributed by atoms with E-state index in [0.29, 0.717) is 19.3 Å². The number of ether oxygens (including phenoxy) is 2. The van der Waals surface area contributed by atoms with E-state index in [1.807, 2.05) is 19.1 Å². The molecule has 1 unspecified atom stereocenters. The van der Waals surface area contributed by atoms with Crippen molar-refractivity contribution in [3.63, 3.8) is 0 Å². The Bertz CT molecular complexity index is 1140. The Morgan fingerprint density at radius 2 is 1.09 bits per heavy atom. The summed E-state index contributed by atoms with van der Waals surface area (Å²) in [5.41, 5.74) is 5.32. The number of aliphatic carboxylic acids is 1. The molecule has 0 rings (SSSR count). The summed E-state index contributed by atoms with van der Waals surface area (Å²) in [4.78, 5) is 45.8. The highest BCUT2D eigenvalue weighted by Crippen LogP contribution is 2.43. The molecule has 0 fully saturated rings. The standard InChI is InChI=1S/C42H74NO11P/c1-3-4-5-6-7-8-9-13-18-21-24-27-30-33-41(46)54-38(35-52-55(49,50)53-36-39(43)42(47)48)34-51-40(45)32-29-26-23-20-17-15-12-10-11-14-16-19-22-25-28-31-37(2)44/h11-12,14-15,19-20,22-23,37-39,44H,3-10,13,16-18,21,24-36,43H2,1-2H3,(H,47,48)(H,49,50)/b14-11-,15-12-,22-19-,23-20-/t37-,38-,39+/m1/s1. The minimum absolute atomic E-state index is 0.134. The molecule has 0 aromatic heterocycles. The number of hydrogen-bond donors (Lipinski definition) is 4. The van der Waals surface area contributed by atoms with Gasteiger partial charge >= 0.3 is 25.7 Å². The number of phosphoric acid groups is 1. The Labute approximate surface area is 331 Å². The van der Waals surface area contributed by atoms with Gasteiger partial charge in [0.1, 0.15) is 12.6 Å². The van der Waals surface area contributed by atoms with Crippen molar-refractivity contribution in [3.8, 4) is 0 Å². The zero-order valence-electron chi connectivity index (χ0n) is 33.9.